The largest absolute Gasteiger partial charge is 0.471 e. The lowest BCUT2D eigenvalue weighted by Crippen LogP contribution is -2.30. The molecule has 0 bridgehead atoms. The van der Waals surface area contributed by atoms with E-state index in [1.807, 2.05) is 0 Å². The molecule has 0 radical (unpaired) electrons. The quantitative estimate of drug-likeness (QED) is 0.464. The highest BCUT2D eigenvalue weighted by atomic mass is 19.1. The van der Waals surface area contributed by atoms with Crippen LogP contribution in [0.15, 0.2) is 18.2 Å². The summed E-state index contributed by atoms with van der Waals surface area (Å²) in [4.78, 5) is 21.6. The molecule has 19 heavy (non-hydrogen) atoms. The van der Waals surface area contributed by atoms with Crippen molar-refractivity contribution in [3.8, 4) is 5.75 Å². The van der Waals surface area contributed by atoms with Crippen LogP contribution in [0.4, 0.5) is 10.1 Å². The number of rotatable bonds is 5. The van der Waals surface area contributed by atoms with Gasteiger partial charge in [-0.1, -0.05) is 0 Å². The number of hydrogen-bond acceptors (Lipinski definition) is 5. The molecule has 1 unspecified atom stereocenters. The first-order chi connectivity index (χ1) is 9.02. The maximum atomic E-state index is 13.0. The van der Waals surface area contributed by atoms with Crippen LogP contribution in [0.3, 0.4) is 0 Å². The third-order valence-corrected chi connectivity index (χ3v) is 2.86. The summed E-state index contributed by atoms with van der Waals surface area (Å²) in [6.07, 6.45) is 0.720. The Kier molecular flexibility index (Phi) is 3.64. The Morgan fingerprint density at radius 1 is 1.53 bits per heavy atom. The molecule has 0 amide bonds. The summed E-state index contributed by atoms with van der Waals surface area (Å²) in [7, 11) is 1.22. The van der Waals surface area contributed by atoms with Crippen LogP contribution in [-0.4, -0.2) is 24.1 Å². The third-order valence-electron chi connectivity index (χ3n) is 2.86. The standard InChI is InChI=1S/C12H12FNO5/c1-18-12(15)11(7-2-3-7)19-10-5-4-8(13)6-9(10)14(16)17/h4-7,11H,2-3H2,1H3. The minimum Gasteiger partial charge on any atom is -0.471 e. The van der Waals surface area contributed by atoms with E-state index in [1.54, 1.807) is 0 Å². The second kappa shape index (κ2) is 5.21. The fraction of sp³-hybridized carbons (Fsp3) is 0.417. The van der Waals surface area contributed by atoms with Gasteiger partial charge in [-0.15, -0.1) is 0 Å². The molecule has 0 N–H and O–H groups in total. The summed E-state index contributed by atoms with van der Waals surface area (Å²) in [5, 5.41) is 10.8. The van der Waals surface area contributed by atoms with Gasteiger partial charge in [0.1, 0.15) is 5.82 Å². The first-order valence-electron chi connectivity index (χ1n) is 5.71. The number of carbonyl (C=O) groups is 1. The molecule has 7 heteroatoms. The number of halogens is 1. The second-order valence-corrected chi connectivity index (χ2v) is 4.27. The number of methoxy groups -OCH3 is 1. The zero-order valence-electron chi connectivity index (χ0n) is 10.2. The summed E-state index contributed by atoms with van der Waals surface area (Å²) < 4.78 is 22.9. The molecule has 1 aromatic carbocycles. The number of nitrogens with zero attached hydrogens (tertiary/aromatic N) is 1. The number of nitro groups is 1. The van der Waals surface area contributed by atoms with Gasteiger partial charge >= 0.3 is 11.7 Å². The topological polar surface area (TPSA) is 78.7 Å². The van der Waals surface area contributed by atoms with Crippen molar-refractivity contribution in [2.45, 2.75) is 18.9 Å². The zero-order chi connectivity index (χ0) is 14.0. The smallest absolute Gasteiger partial charge is 0.347 e. The van der Waals surface area contributed by atoms with Crippen molar-refractivity contribution in [1.29, 1.82) is 0 Å². The molecule has 1 aromatic rings. The highest BCUT2D eigenvalue weighted by molar-refractivity contribution is 5.76. The van der Waals surface area contributed by atoms with Gasteiger partial charge < -0.3 is 9.47 Å². The number of nitro benzene ring substituents is 1. The number of benzene rings is 1. The minimum absolute atomic E-state index is 0.00268. The Hall–Kier alpha value is -2.18. The molecule has 1 atom stereocenters. The molecular weight excluding hydrogens is 257 g/mol. The Morgan fingerprint density at radius 2 is 2.21 bits per heavy atom. The van der Waals surface area contributed by atoms with E-state index in [0.29, 0.717) is 0 Å². The maximum absolute atomic E-state index is 13.0. The van der Waals surface area contributed by atoms with Crippen LogP contribution in [0.1, 0.15) is 12.8 Å². The van der Waals surface area contributed by atoms with Crippen LogP contribution in [0.5, 0.6) is 5.75 Å². The van der Waals surface area contributed by atoms with Crippen LogP contribution in [0.25, 0.3) is 0 Å². The predicted octanol–water partition coefficient (Wildman–Crippen LogP) is 2.06. The lowest BCUT2D eigenvalue weighted by Gasteiger charge is -2.16. The lowest BCUT2D eigenvalue weighted by atomic mass is 10.2. The summed E-state index contributed by atoms with van der Waals surface area (Å²) in [6, 6.07) is 2.95. The van der Waals surface area contributed by atoms with Gasteiger partial charge in [-0.25, -0.2) is 9.18 Å². The molecule has 1 aliphatic rings. The van der Waals surface area contributed by atoms with Crippen molar-refractivity contribution in [2.24, 2.45) is 5.92 Å². The predicted molar refractivity (Wildman–Crippen MR) is 62.2 cm³/mol. The van der Waals surface area contributed by atoms with Crippen molar-refractivity contribution >= 4 is 11.7 Å². The van der Waals surface area contributed by atoms with Crippen molar-refractivity contribution in [1.82, 2.24) is 0 Å². The SMILES string of the molecule is COC(=O)C(Oc1ccc(F)cc1[N+](=O)[O-])C1CC1. The number of ether oxygens (including phenoxy) is 2. The number of carbonyl (C=O) groups excluding carboxylic acids is 1. The highest BCUT2D eigenvalue weighted by Gasteiger charge is 2.40. The summed E-state index contributed by atoms with van der Waals surface area (Å²) in [5.41, 5.74) is -0.505. The Labute approximate surface area is 108 Å². The van der Waals surface area contributed by atoms with Gasteiger partial charge in [0.15, 0.2) is 11.9 Å². The zero-order valence-corrected chi connectivity index (χ0v) is 10.2. The molecule has 1 saturated carbocycles. The van der Waals surface area contributed by atoms with Crippen molar-refractivity contribution < 1.29 is 23.6 Å². The average Bonchev–Trinajstić information content (AvgIpc) is 3.20. The molecular formula is C12H12FNO5. The third kappa shape index (κ3) is 2.98. The Bertz CT molecular complexity index is 515. The first-order valence-corrected chi connectivity index (χ1v) is 5.71. The van der Waals surface area contributed by atoms with Gasteiger partial charge in [-0.2, -0.15) is 0 Å². The second-order valence-electron chi connectivity index (χ2n) is 4.27. The van der Waals surface area contributed by atoms with E-state index in [2.05, 4.69) is 4.74 Å². The summed E-state index contributed by atoms with van der Waals surface area (Å²) in [5.74, 6) is -1.45. The maximum Gasteiger partial charge on any atom is 0.347 e. The molecule has 0 saturated heterocycles. The van der Waals surface area contributed by atoms with Crippen molar-refractivity contribution in [3.05, 3.63) is 34.1 Å². The van der Waals surface area contributed by atoms with Crippen LogP contribution < -0.4 is 4.74 Å². The van der Waals surface area contributed by atoms with Gasteiger partial charge in [0, 0.05) is 5.92 Å². The van der Waals surface area contributed by atoms with E-state index in [4.69, 9.17) is 4.74 Å². The average molecular weight is 269 g/mol. The minimum atomic E-state index is -0.880. The number of hydrogen-bond donors (Lipinski definition) is 0. The van der Waals surface area contributed by atoms with Crippen LogP contribution in [0, 0.1) is 21.8 Å². The van der Waals surface area contributed by atoms with E-state index in [1.165, 1.54) is 7.11 Å². The van der Waals surface area contributed by atoms with Crippen LogP contribution in [-0.2, 0) is 9.53 Å². The van der Waals surface area contributed by atoms with Gasteiger partial charge in [-0.3, -0.25) is 10.1 Å². The molecule has 1 aliphatic carbocycles. The Morgan fingerprint density at radius 3 is 2.74 bits per heavy atom. The summed E-state index contributed by atoms with van der Waals surface area (Å²) >= 11 is 0. The fourth-order valence-corrected chi connectivity index (χ4v) is 1.72. The van der Waals surface area contributed by atoms with E-state index < -0.39 is 28.5 Å². The van der Waals surface area contributed by atoms with Crippen LogP contribution >= 0.6 is 0 Å². The van der Waals surface area contributed by atoms with Gasteiger partial charge in [0.25, 0.3) is 0 Å². The normalized spacial score (nSPS) is 15.7. The fourth-order valence-electron chi connectivity index (χ4n) is 1.72. The molecule has 102 valence electrons. The molecule has 0 aliphatic heterocycles. The number of esters is 1. The first kappa shape index (κ1) is 13.3. The molecule has 0 spiro atoms. The van der Waals surface area contributed by atoms with Crippen LogP contribution in [0.2, 0.25) is 0 Å². The van der Waals surface area contributed by atoms with E-state index in [9.17, 15) is 19.3 Å². The van der Waals surface area contributed by atoms with E-state index in [0.717, 1.165) is 31.0 Å². The summed E-state index contributed by atoms with van der Waals surface area (Å²) in [6.45, 7) is 0. The molecule has 2 rings (SSSR count). The molecule has 1 fully saturated rings. The lowest BCUT2D eigenvalue weighted by molar-refractivity contribution is -0.386. The van der Waals surface area contributed by atoms with Crippen molar-refractivity contribution in [3.63, 3.8) is 0 Å². The monoisotopic (exact) mass is 269 g/mol. The van der Waals surface area contributed by atoms with Gasteiger partial charge in [0.2, 0.25) is 0 Å². The van der Waals surface area contributed by atoms with Gasteiger partial charge in [-0.05, 0) is 25.0 Å². The molecule has 6 nitrogen and oxygen atoms in total. The van der Waals surface area contributed by atoms with Crippen molar-refractivity contribution in [2.75, 3.05) is 7.11 Å². The van der Waals surface area contributed by atoms with E-state index >= 15 is 0 Å². The Balaban J connectivity index is 2.26. The van der Waals surface area contributed by atoms with Gasteiger partial charge in [0.05, 0.1) is 18.1 Å². The highest BCUT2D eigenvalue weighted by Crippen LogP contribution is 2.37. The molecule has 0 heterocycles. The van der Waals surface area contributed by atoms with E-state index in [-0.39, 0.29) is 11.7 Å². The molecule has 0 aromatic heterocycles.